The van der Waals surface area contributed by atoms with E-state index in [0.29, 0.717) is 5.92 Å². The SMILES string of the molecule is O=C(OC1CCCCO1)C1CC2=CCC1C2. The fourth-order valence-electron chi connectivity index (χ4n) is 3.04. The Morgan fingerprint density at radius 1 is 1.38 bits per heavy atom. The minimum Gasteiger partial charge on any atom is -0.436 e. The first-order chi connectivity index (χ1) is 7.83. The molecule has 0 aromatic carbocycles. The second-order valence-corrected chi connectivity index (χ2v) is 5.11. The van der Waals surface area contributed by atoms with E-state index >= 15 is 0 Å². The van der Waals surface area contributed by atoms with E-state index in [1.54, 1.807) is 0 Å². The molecule has 0 N–H and O–H groups in total. The van der Waals surface area contributed by atoms with Crippen molar-refractivity contribution in [3.05, 3.63) is 11.6 Å². The third-order valence-electron chi connectivity index (χ3n) is 3.97. The molecule has 0 radical (unpaired) electrons. The fraction of sp³-hybridized carbons (Fsp3) is 0.769. The molecule has 1 saturated heterocycles. The second-order valence-electron chi connectivity index (χ2n) is 5.11. The number of fused-ring (bicyclic) bond motifs is 2. The summed E-state index contributed by atoms with van der Waals surface area (Å²) in [5.74, 6) is 0.608. The number of carbonyl (C=O) groups is 1. The maximum atomic E-state index is 12.0. The lowest BCUT2D eigenvalue weighted by Gasteiger charge is -2.25. The van der Waals surface area contributed by atoms with E-state index in [-0.39, 0.29) is 18.2 Å². The highest BCUT2D eigenvalue weighted by Gasteiger charge is 2.40. The molecule has 1 saturated carbocycles. The molecule has 3 aliphatic rings. The Labute approximate surface area is 95.8 Å². The highest BCUT2D eigenvalue weighted by Crippen LogP contribution is 2.44. The average molecular weight is 222 g/mol. The molecular weight excluding hydrogens is 204 g/mol. The van der Waals surface area contributed by atoms with Gasteiger partial charge in [0.1, 0.15) is 0 Å². The smallest absolute Gasteiger partial charge is 0.311 e. The van der Waals surface area contributed by atoms with Gasteiger partial charge in [0, 0.05) is 6.42 Å². The van der Waals surface area contributed by atoms with Crippen molar-refractivity contribution in [3.63, 3.8) is 0 Å². The first-order valence-corrected chi connectivity index (χ1v) is 6.33. The number of allylic oxidation sites excluding steroid dienone is 2. The van der Waals surface area contributed by atoms with E-state index in [2.05, 4.69) is 6.08 Å². The lowest BCUT2D eigenvalue weighted by Crippen LogP contribution is -2.30. The zero-order chi connectivity index (χ0) is 11.0. The molecule has 3 unspecified atom stereocenters. The minimum atomic E-state index is -0.269. The molecule has 0 spiro atoms. The van der Waals surface area contributed by atoms with Crippen LogP contribution < -0.4 is 0 Å². The molecule has 3 rings (SSSR count). The maximum Gasteiger partial charge on any atom is 0.311 e. The van der Waals surface area contributed by atoms with Gasteiger partial charge in [-0.05, 0) is 38.0 Å². The Morgan fingerprint density at radius 3 is 2.94 bits per heavy atom. The summed E-state index contributed by atoms with van der Waals surface area (Å²) in [6.07, 6.45) is 8.19. The Balaban J connectivity index is 1.55. The van der Waals surface area contributed by atoms with Gasteiger partial charge in [0.05, 0.1) is 12.5 Å². The predicted octanol–water partition coefficient (Wildman–Crippen LogP) is 2.41. The van der Waals surface area contributed by atoms with Crippen molar-refractivity contribution in [1.29, 1.82) is 0 Å². The molecule has 2 fully saturated rings. The summed E-state index contributed by atoms with van der Waals surface area (Å²) in [4.78, 5) is 12.0. The normalized spacial score (nSPS) is 37.2. The van der Waals surface area contributed by atoms with Crippen LogP contribution in [-0.2, 0) is 14.3 Å². The largest absolute Gasteiger partial charge is 0.436 e. The highest BCUT2D eigenvalue weighted by atomic mass is 16.7. The van der Waals surface area contributed by atoms with Crippen LogP contribution in [-0.4, -0.2) is 18.9 Å². The van der Waals surface area contributed by atoms with E-state index in [1.165, 1.54) is 5.57 Å². The van der Waals surface area contributed by atoms with Crippen LogP contribution in [0.5, 0.6) is 0 Å². The standard InChI is InChI=1S/C13H18O3/c14-13(16-12-3-1-2-6-15-12)11-8-9-4-5-10(11)7-9/h4,10-12H,1-3,5-8H2. The van der Waals surface area contributed by atoms with Gasteiger partial charge >= 0.3 is 5.97 Å². The zero-order valence-corrected chi connectivity index (χ0v) is 9.48. The molecule has 0 aromatic rings. The number of rotatable bonds is 2. The summed E-state index contributed by atoms with van der Waals surface area (Å²) in [5.41, 5.74) is 1.46. The van der Waals surface area contributed by atoms with Gasteiger partial charge in [-0.3, -0.25) is 4.79 Å². The summed E-state index contributed by atoms with van der Waals surface area (Å²) in [6, 6.07) is 0. The molecular formula is C13H18O3. The van der Waals surface area contributed by atoms with E-state index in [4.69, 9.17) is 9.47 Å². The monoisotopic (exact) mass is 222 g/mol. The molecule has 2 aliphatic carbocycles. The van der Waals surface area contributed by atoms with E-state index in [0.717, 1.165) is 45.1 Å². The Bertz CT molecular complexity index is 315. The lowest BCUT2D eigenvalue weighted by atomic mass is 9.92. The number of hydrogen-bond acceptors (Lipinski definition) is 3. The number of esters is 1. The Hall–Kier alpha value is -0.830. The van der Waals surface area contributed by atoms with Crippen LogP contribution >= 0.6 is 0 Å². The van der Waals surface area contributed by atoms with Crippen LogP contribution in [0.2, 0.25) is 0 Å². The number of hydrogen-bond donors (Lipinski definition) is 0. The third-order valence-corrected chi connectivity index (χ3v) is 3.97. The average Bonchev–Trinajstić information content (AvgIpc) is 2.92. The molecule has 88 valence electrons. The van der Waals surface area contributed by atoms with E-state index < -0.39 is 0 Å². The summed E-state index contributed by atoms with van der Waals surface area (Å²) in [5, 5.41) is 0. The first-order valence-electron chi connectivity index (χ1n) is 6.33. The molecule has 16 heavy (non-hydrogen) atoms. The van der Waals surface area contributed by atoms with Gasteiger partial charge in [-0.2, -0.15) is 0 Å². The van der Waals surface area contributed by atoms with Crippen LogP contribution in [0.3, 0.4) is 0 Å². The van der Waals surface area contributed by atoms with Gasteiger partial charge in [-0.15, -0.1) is 0 Å². The van der Waals surface area contributed by atoms with Crippen LogP contribution in [0.25, 0.3) is 0 Å². The zero-order valence-electron chi connectivity index (χ0n) is 9.48. The van der Waals surface area contributed by atoms with Crippen molar-refractivity contribution < 1.29 is 14.3 Å². The van der Waals surface area contributed by atoms with E-state index in [9.17, 15) is 4.79 Å². The van der Waals surface area contributed by atoms with Gasteiger partial charge in [-0.1, -0.05) is 11.6 Å². The molecule has 0 aromatic heterocycles. The van der Waals surface area contributed by atoms with Crippen molar-refractivity contribution in [2.45, 2.75) is 44.8 Å². The Morgan fingerprint density at radius 2 is 2.31 bits per heavy atom. The topological polar surface area (TPSA) is 35.5 Å². The lowest BCUT2D eigenvalue weighted by molar-refractivity contribution is -0.192. The van der Waals surface area contributed by atoms with Gasteiger partial charge in [0.25, 0.3) is 0 Å². The number of ether oxygens (including phenoxy) is 2. The number of carbonyl (C=O) groups excluding carboxylic acids is 1. The van der Waals surface area contributed by atoms with Gasteiger partial charge in [0.15, 0.2) is 0 Å². The van der Waals surface area contributed by atoms with Crippen molar-refractivity contribution in [2.75, 3.05) is 6.61 Å². The van der Waals surface area contributed by atoms with Gasteiger partial charge in [0.2, 0.25) is 6.29 Å². The Kier molecular flexibility index (Phi) is 2.72. The summed E-state index contributed by atoms with van der Waals surface area (Å²) < 4.78 is 10.9. The van der Waals surface area contributed by atoms with Gasteiger partial charge in [-0.25, -0.2) is 0 Å². The molecule has 1 aliphatic heterocycles. The van der Waals surface area contributed by atoms with Crippen LogP contribution in [0.4, 0.5) is 0 Å². The van der Waals surface area contributed by atoms with E-state index in [1.807, 2.05) is 0 Å². The first kappa shape index (κ1) is 10.3. The third kappa shape index (κ3) is 1.88. The van der Waals surface area contributed by atoms with Crippen LogP contribution in [0.1, 0.15) is 38.5 Å². The summed E-state index contributed by atoms with van der Waals surface area (Å²) in [7, 11) is 0. The molecule has 0 amide bonds. The summed E-state index contributed by atoms with van der Waals surface area (Å²) >= 11 is 0. The van der Waals surface area contributed by atoms with Crippen molar-refractivity contribution in [2.24, 2.45) is 11.8 Å². The molecule has 2 bridgehead atoms. The fourth-order valence-corrected chi connectivity index (χ4v) is 3.04. The molecule has 3 atom stereocenters. The molecule has 1 heterocycles. The second kappa shape index (κ2) is 4.21. The van der Waals surface area contributed by atoms with Crippen LogP contribution in [0.15, 0.2) is 11.6 Å². The van der Waals surface area contributed by atoms with Crippen molar-refractivity contribution >= 4 is 5.97 Å². The summed E-state index contributed by atoms with van der Waals surface area (Å²) in [6.45, 7) is 0.733. The molecule has 3 nitrogen and oxygen atoms in total. The predicted molar refractivity (Wildman–Crippen MR) is 58.6 cm³/mol. The molecule has 3 heteroatoms. The highest BCUT2D eigenvalue weighted by molar-refractivity contribution is 5.74. The minimum absolute atomic E-state index is 0.0278. The quantitative estimate of drug-likeness (QED) is 0.531. The van der Waals surface area contributed by atoms with Crippen LogP contribution in [0, 0.1) is 11.8 Å². The van der Waals surface area contributed by atoms with Crippen molar-refractivity contribution in [3.8, 4) is 0 Å². The van der Waals surface area contributed by atoms with Crippen molar-refractivity contribution in [1.82, 2.24) is 0 Å². The maximum absolute atomic E-state index is 12.0. The van der Waals surface area contributed by atoms with Gasteiger partial charge < -0.3 is 9.47 Å².